The van der Waals surface area contributed by atoms with Gasteiger partial charge in [0, 0.05) is 17.9 Å². The lowest BCUT2D eigenvalue weighted by molar-refractivity contribution is -0.117. The first kappa shape index (κ1) is 11.5. The number of benzene rings is 1. The number of ketones is 1. The van der Waals surface area contributed by atoms with Crippen molar-refractivity contribution in [3.05, 3.63) is 42.5 Å². The van der Waals surface area contributed by atoms with Crippen molar-refractivity contribution in [2.45, 2.75) is 19.3 Å². The van der Waals surface area contributed by atoms with Crippen LogP contribution in [-0.2, 0) is 4.79 Å². The van der Waals surface area contributed by atoms with Crippen LogP contribution in [0.2, 0.25) is 0 Å². The Labute approximate surface area is 90.6 Å². The molecule has 0 saturated heterocycles. The summed E-state index contributed by atoms with van der Waals surface area (Å²) in [6.07, 6.45) is 2.27. The van der Waals surface area contributed by atoms with Gasteiger partial charge in [0.15, 0.2) is 0 Å². The highest BCUT2D eigenvalue weighted by Crippen LogP contribution is 2.29. The molecule has 0 aliphatic rings. The molecular weight excluding hydrogens is 188 g/mol. The summed E-state index contributed by atoms with van der Waals surface area (Å²) in [7, 11) is 1.63. The van der Waals surface area contributed by atoms with Crippen molar-refractivity contribution in [1.82, 2.24) is 0 Å². The van der Waals surface area contributed by atoms with Crippen molar-refractivity contribution >= 4 is 5.78 Å². The largest absolute Gasteiger partial charge is 0.496 e. The van der Waals surface area contributed by atoms with Gasteiger partial charge in [-0.25, -0.2) is 0 Å². The van der Waals surface area contributed by atoms with Crippen molar-refractivity contribution in [3.8, 4) is 5.75 Å². The zero-order valence-corrected chi connectivity index (χ0v) is 9.19. The number of ether oxygens (including phenoxy) is 1. The molecule has 15 heavy (non-hydrogen) atoms. The Hall–Kier alpha value is -1.57. The lowest BCUT2D eigenvalue weighted by Gasteiger charge is -2.14. The Kier molecular flexibility index (Phi) is 4.10. The van der Waals surface area contributed by atoms with Gasteiger partial charge in [0.25, 0.3) is 0 Å². The van der Waals surface area contributed by atoms with Crippen LogP contribution >= 0.6 is 0 Å². The molecule has 2 heteroatoms. The second-order valence-corrected chi connectivity index (χ2v) is 3.49. The van der Waals surface area contributed by atoms with E-state index >= 15 is 0 Å². The number of Topliss-reactive ketones (excluding diaryl/α,β-unsaturated/α-hetero) is 1. The zero-order valence-electron chi connectivity index (χ0n) is 9.19. The molecule has 1 aromatic carbocycles. The van der Waals surface area contributed by atoms with E-state index in [0.717, 1.165) is 11.3 Å². The summed E-state index contributed by atoms with van der Waals surface area (Å²) in [4.78, 5) is 11.1. The van der Waals surface area contributed by atoms with Gasteiger partial charge in [-0.2, -0.15) is 0 Å². The predicted molar refractivity (Wildman–Crippen MR) is 61.2 cm³/mol. The molecule has 0 heterocycles. The molecule has 0 aliphatic carbocycles. The average Bonchev–Trinajstić information content (AvgIpc) is 2.25. The van der Waals surface area contributed by atoms with Crippen LogP contribution in [0.15, 0.2) is 36.9 Å². The molecule has 1 atom stereocenters. The van der Waals surface area contributed by atoms with Crippen LogP contribution in [0.4, 0.5) is 0 Å². The minimum atomic E-state index is 0.0404. The Balaban J connectivity index is 3.00. The van der Waals surface area contributed by atoms with E-state index in [1.165, 1.54) is 0 Å². The molecule has 0 N–H and O–H groups in total. The van der Waals surface area contributed by atoms with Crippen molar-refractivity contribution in [2.24, 2.45) is 0 Å². The minimum absolute atomic E-state index is 0.0404. The van der Waals surface area contributed by atoms with E-state index in [-0.39, 0.29) is 11.7 Å². The molecular formula is C13H16O2. The highest BCUT2D eigenvalue weighted by Gasteiger charge is 2.13. The molecule has 0 spiro atoms. The van der Waals surface area contributed by atoms with E-state index < -0.39 is 0 Å². The Morgan fingerprint density at radius 2 is 2.20 bits per heavy atom. The molecule has 1 aromatic rings. The number of carbonyl (C=O) groups excluding carboxylic acids is 1. The van der Waals surface area contributed by atoms with Crippen LogP contribution in [0.5, 0.6) is 5.75 Å². The lowest BCUT2D eigenvalue weighted by Crippen LogP contribution is -2.03. The third-order valence-corrected chi connectivity index (χ3v) is 2.33. The molecule has 0 fully saturated rings. The first-order chi connectivity index (χ1) is 7.19. The molecule has 80 valence electrons. The summed E-state index contributed by atoms with van der Waals surface area (Å²) >= 11 is 0. The fourth-order valence-corrected chi connectivity index (χ4v) is 1.60. The smallest absolute Gasteiger partial charge is 0.130 e. The van der Waals surface area contributed by atoms with Crippen molar-refractivity contribution in [3.63, 3.8) is 0 Å². The van der Waals surface area contributed by atoms with Gasteiger partial charge in [-0.15, -0.1) is 6.58 Å². The second-order valence-electron chi connectivity index (χ2n) is 3.49. The van der Waals surface area contributed by atoms with Crippen molar-refractivity contribution < 1.29 is 9.53 Å². The fourth-order valence-electron chi connectivity index (χ4n) is 1.60. The molecule has 0 aromatic heterocycles. The summed E-state index contributed by atoms with van der Waals surface area (Å²) in [5.74, 6) is 1.01. The summed E-state index contributed by atoms with van der Waals surface area (Å²) in [5.41, 5.74) is 1.02. The van der Waals surface area contributed by atoms with Gasteiger partial charge in [0.2, 0.25) is 0 Å². The molecule has 0 saturated carbocycles. The van der Waals surface area contributed by atoms with Gasteiger partial charge in [0.05, 0.1) is 7.11 Å². The third kappa shape index (κ3) is 2.94. The number of methoxy groups -OCH3 is 1. The first-order valence-electron chi connectivity index (χ1n) is 4.94. The zero-order chi connectivity index (χ0) is 11.3. The van der Waals surface area contributed by atoms with Gasteiger partial charge in [0.1, 0.15) is 11.5 Å². The summed E-state index contributed by atoms with van der Waals surface area (Å²) in [6.45, 7) is 5.35. The SMILES string of the molecule is C=C[C@@H](CC(C)=O)c1ccccc1OC. The van der Waals surface area contributed by atoms with Gasteiger partial charge >= 0.3 is 0 Å². The van der Waals surface area contributed by atoms with E-state index in [0.29, 0.717) is 6.42 Å². The van der Waals surface area contributed by atoms with E-state index in [1.807, 2.05) is 24.3 Å². The topological polar surface area (TPSA) is 26.3 Å². The van der Waals surface area contributed by atoms with Crippen LogP contribution < -0.4 is 4.74 Å². The molecule has 1 rings (SSSR count). The molecule has 0 bridgehead atoms. The standard InChI is InChI=1S/C13H16O2/c1-4-11(9-10(2)14)12-7-5-6-8-13(12)15-3/h4-8,11H,1,9H2,2-3H3/t11-/m0/s1. The summed E-state index contributed by atoms with van der Waals surface area (Å²) in [6, 6.07) is 7.71. The number of para-hydroxylation sites is 1. The molecule has 2 nitrogen and oxygen atoms in total. The molecule has 0 aliphatic heterocycles. The number of allylic oxidation sites excluding steroid dienone is 1. The van der Waals surface area contributed by atoms with Crippen LogP contribution in [0.3, 0.4) is 0 Å². The summed E-state index contributed by atoms with van der Waals surface area (Å²) < 4.78 is 5.25. The van der Waals surface area contributed by atoms with E-state index in [9.17, 15) is 4.79 Å². The molecule has 0 unspecified atom stereocenters. The van der Waals surface area contributed by atoms with Gasteiger partial charge in [-0.05, 0) is 13.0 Å². The maximum absolute atomic E-state index is 11.1. The van der Waals surface area contributed by atoms with Gasteiger partial charge in [-0.3, -0.25) is 4.79 Å². The summed E-state index contributed by atoms with van der Waals surface area (Å²) in [5, 5.41) is 0. The number of hydrogen-bond donors (Lipinski definition) is 0. The lowest BCUT2D eigenvalue weighted by atomic mass is 9.93. The number of carbonyl (C=O) groups is 1. The van der Waals surface area contributed by atoms with E-state index in [1.54, 1.807) is 20.1 Å². The quantitative estimate of drug-likeness (QED) is 0.689. The van der Waals surface area contributed by atoms with Crippen LogP contribution in [-0.4, -0.2) is 12.9 Å². The normalized spacial score (nSPS) is 11.9. The first-order valence-corrected chi connectivity index (χ1v) is 4.94. The molecule has 0 radical (unpaired) electrons. The van der Waals surface area contributed by atoms with Crippen LogP contribution in [0.25, 0.3) is 0 Å². The Morgan fingerprint density at radius 1 is 1.53 bits per heavy atom. The highest BCUT2D eigenvalue weighted by molar-refractivity contribution is 5.77. The van der Waals surface area contributed by atoms with Crippen molar-refractivity contribution in [1.29, 1.82) is 0 Å². The average molecular weight is 204 g/mol. The predicted octanol–water partition coefficient (Wildman–Crippen LogP) is 2.94. The Morgan fingerprint density at radius 3 is 2.73 bits per heavy atom. The number of rotatable bonds is 5. The number of hydrogen-bond acceptors (Lipinski definition) is 2. The molecule has 0 amide bonds. The maximum Gasteiger partial charge on any atom is 0.130 e. The van der Waals surface area contributed by atoms with Gasteiger partial charge in [-0.1, -0.05) is 24.3 Å². The van der Waals surface area contributed by atoms with E-state index in [2.05, 4.69) is 6.58 Å². The van der Waals surface area contributed by atoms with Crippen LogP contribution in [0.1, 0.15) is 24.8 Å². The highest BCUT2D eigenvalue weighted by atomic mass is 16.5. The minimum Gasteiger partial charge on any atom is -0.496 e. The maximum atomic E-state index is 11.1. The van der Waals surface area contributed by atoms with Crippen molar-refractivity contribution in [2.75, 3.05) is 7.11 Å². The fraction of sp³-hybridized carbons (Fsp3) is 0.308. The Bertz CT molecular complexity index is 355. The third-order valence-electron chi connectivity index (χ3n) is 2.33. The monoisotopic (exact) mass is 204 g/mol. The van der Waals surface area contributed by atoms with Gasteiger partial charge < -0.3 is 4.74 Å². The van der Waals surface area contributed by atoms with E-state index in [4.69, 9.17) is 4.74 Å². The van der Waals surface area contributed by atoms with Crippen LogP contribution in [0, 0.1) is 0 Å². The second kappa shape index (κ2) is 5.35.